The topological polar surface area (TPSA) is 126 Å². The van der Waals surface area contributed by atoms with Gasteiger partial charge in [0.05, 0.1) is 32.3 Å². The van der Waals surface area contributed by atoms with Gasteiger partial charge in [-0.05, 0) is 64.8 Å². The minimum absolute atomic E-state index is 0.121. The van der Waals surface area contributed by atoms with Crippen molar-refractivity contribution in [3.8, 4) is 0 Å². The van der Waals surface area contributed by atoms with Crippen molar-refractivity contribution in [1.82, 2.24) is 24.3 Å². The van der Waals surface area contributed by atoms with Crippen LogP contribution in [0.1, 0.15) is 61.3 Å². The molecular formula is C29H39N7O5S. The molecule has 3 aromatic rings. The second-order valence-corrected chi connectivity index (χ2v) is 13.1. The molecule has 2 aliphatic heterocycles. The number of nitro groups is 1. The van der Waals surface area contributed by atoms with Crippen LogP contribution in [-0.4, -0.2) is 93.1 Å². The maximum absolute atomic E-state index is 13.2. The van der Waals surface area contributed by atoms with Crippen molar-refractivity contribution < 1.29 is 19.2 Å². The Bertz CT molecular complexity index is 1450. The predicted octanol–water partition coefficient (Wildman–Crippen LogP) is 4.97. The van der Waals surface area contributed by atoms with Gasteiger partial charge >= 0.3 is 6.09 Å². The lowest BCUT2D eigenvalue weighted by atomic mass is 10.1. The van der Waals surface area contributed by atoms with Crippen molar-refractivity contribution in [2.75, 3.05) is 51.6 Å². The molecular weight excluding hydrogens is 558 g/mol. The Morgan fingerprint density at radius 1 is 1.14 bits per heavy atom. The minimum atomic E-state index is -0.610. The third-order valence-electron chi connectivity index (χ3n) is 7.66. The molecule has 2 aliphatic rings. The van der Waals surface area contributed by atoms with E-state index in [0.29, 0.717) is 19.0 Å². The zero-order valence-electron chi connectivity index (χ0n) is 24.7. The quantitative estimate of drug-likeness (QED) is 0.312. The van der Waals surface area contributed by atoms with Crippen molar-refractivity contribution in [3.63, 3.8) is 0 Å². The lowest BCUT2D eigenvalue weighted by Crippen LogP contribution is -2.43. The predicted molar refractivity (Wildman–Crippen MR) is 162 cm³/mol. The number of rotatable bonds is 6. The number of carbonyl (C=O) groups excluding carboxylic acids is 2. The van der Waals surface area contributed by atoms with Crippen LogP contribution in [-0.2, 0) is 11.3 Å². The Hall–Kier alpha value is -3.55. The number of carbonyl (C=O) groups is 2. The highest BCUT2D eigenvalue weighted by molar-refractivity contribution is 7.12. The van der Waals surface area contributed by atoms with Crippen LogP contribution >= 0.6 is 11.3 Å². The van der Waals surface area contributed by atoms with Gasteiger partial charge in [-0.2, -0.15) is 0 Å². The molecule has 2 amide bonds. The van der Waals surface area contributed by atoms with Crippen LogP contribution in [0.15, 0.2) is 29.6 Å². The summed E-state index contributed by atoms with van der Waals surface area (Å²) in [5.74, 6) is -0.0984. The Morgan fingerprint density at radius 3 is 2.60 bits per heavy atom. The van der Waals surface area contributed by atoms with E-state index in [-0.39, 0.29) is 22.7 Å². The number of likely N-dealkylation sites (tertiary alicyclic amines) is 1. The smallest absolute Gasteiger partial charge is 0.410 e. The van der Waals surface area contributed by atoms with E-state index in [4.69, 9.17) is 9.72 Å². The molecule has 0 spiro atoms. The molecule has 0 unspecified atom stereocenters. The Labute approximate surface area is 249 Å². The van der Waals surface area contributed by atoms with Crippen molar-refractivity contribution in [1.29, 1.82) is 0 Å². The van der Waals surface area contributed by atoms with E-state index in [0.717, 1.165) is 79.9 Å². The number of benzene rings is 1. The van der Waals surface area contributed by atoms with Gasteiger partial charge in [0.1, 0.15) is 5.60 Å². The molecule has 1 atom stereocenters. The third-order valence-corrected chi connectivity index (χ3v) is 8.58. The highest BCUT2D eigenvalue weighted by atomic mass is 32.1. The molecule has 1 aromatic carbocycles. The van der Waals surface area contributed by atoms with Gasteiger partial charge in [0, 0.05) is 51.9 Å². The Morgan fingerprint density at radius 2 is 1.90 bits per heavy atom. The number of imidazole rings is 1. The number of anilines is 1. The molecule has 2 fully saturated rings. The number of nitrogens with one attached hydrogen (secondary N) is 1. The van der Waals surface area contributed by atoms with Gasteiger partial charge in [0.15, 0.2) is 0 Å². The molecule has 4 heterocycles. The van der Waals surface area contributed by atoms with Gasteiger partial charge in [0.25, 0.3) is 11.6 Å². The first kappa shape index (κ1) is 29.9. The number of piperazine rings is 1. The fraction of sp³-hybridized carbons (Fsp3) is 0.552. The molecule has 0 bridgehead atoms. The van der Waals surface area contributed by atoms with Crippen molar-refractivity contribution in [3.05, 3.63) is 50.2 Å². The van der Waals surface area contributed by atoms with Gasteiger partial charge in [-0.25, -0.2) is 9.78 Å². The van der Waals surface area contributed by atoms with E-state index in [1.807, 2.05) is 31.4 Å². The second-order valence-electron chi connectivity index (χ2n) is 12.2. The first-order chi connectivity index (χ1) is 20.0. The molecule has 12 nitrogen and oxygen atoms in total. The van der Waals surface area contributed by atoms with Gasteiger partial charge in [0.2, 0.25) is 5.95 Å². The fourth-order valence-corrected chi connectivity index (χ4v) is 6.23. The van der Waals surface area contributed by atoms with Crippen LogP contribution in [0, 0.1) is 10.1 Å². The average molecular weight is 598 g/mol. The van der Waals surface area contributed by atoms with Crippen LogP contribution < -0.4 is 5.32 Å². The number of hydrogen-bond acceptors (Lipinski definition) is 9. The summed E-state index contributed by atoms with van der Waals surface area (Å²) in [7, 11) is 2.14. The molecule has 226 valence electrons. The molecule has 42 heavy (non-hydrogen) atoms. The van der Waals surface area contributed by atoms with Crippen molar-refractivity contribution in [2.24, 2.45) is 0 Å². The summed E-state index contributed by atoms with van der Waals surface area (Å²) in [6.07, 6.45) is 2.18. The van der Waals surface area contributed by atoms with Gasteiger partial charge in [-0.3, -0.25) is 25.1 Å². The number of ether oxygens (including phenoxy) is 1. The van der Waals surface area contributed by atoms with E-state index in [9.17, 15) is 19.7 Å². The highest BCUT2D eigenvalue weighted by Crippen LogP contribution is 2.32. The van der Waals surface area contributed by atoms with Gasteiger partial charge in [-0.15, -0.1) is 11.3 Å². The molecule has 1 N–H and O–H groups in total. The Kier molecular flexibility index (Phi) is 8.81. The first-order valence-corrected chi connectivity index (χ1v) is 15.3. The molecule has 0 aliphatic carbocycles. The summed E-state index contributed by atoms with van der Waals surface area (Å²) in [6.45, 7) is 11.4. The number of amides is 2. The van der Waals surface area contributed by atoms with Gasteiger partial charge < -0.3 is 19.1 Å². The number of thiophene rings is 1. The van der Waals surface area contributed by atoms with Crippen LogP contribution in [0.2, 0.25) is 0 Å². The van der Waals surface area contributed by atoms with Crippen LogP contribution in [0.3, 0.4) is 0 Å². The molecule has 2 aromatic heterocycles. The number of fused-ring (bicyclic) bond motifs is 1. The zero-order chi connectivity index (χ0) is 30.0. The fourth-order valence-electron chi connectivity index (χ4n) is 5.49. The maximum Gasteiger partial charge on any atom is 0.410 e. The summed E-state index contributed by atoms with van der Waals surface area (Å²) in [6, 6.07) is 7.31. The highest BCUT2D eigenvalue weighted by Gasteiger charge is 2.30. The van der Waals surface area contributed by atoms with Crippen LogP contribution in [0.4, 0.5) is 16.4 Å². The first-order valence-electron chi connectivity index (χ1n) is 14.4. The monoisotopic (exact) mass is 597 g/mol. The average Bonchev–Trinajstić information content (AvgIpc) is 3.47. The summed E-state index contributed by atoms with van der Waals surface area (Å²) in [4.78, 5) is 48.5. The van der Waals surface area contributed by atoms with E-state index < -0.39 is 16.4 Å². The number of nitrogens with zero attached hydrogens (tertiary/aromatic N) is 6. The summed E-state index contributed by atoms with van der Waals surface area (Å²) in [5, 5.41) is 15.5. The maximum atomic E-state index is 13.2. The van der Waals surface area contributed by atoms with E-state index in [1.165, 1.54) is 11.4 Å². The number of likely N-dealkylation sites (N-methyl/N-ethyl adjacent to an activating group) is 1. The summed E-state index contributed by atoms with van der Waals surface area (Å²) >= 11 is 1.02. The zero-order valence-corrected chi connectivity index (χ0v) is 25.5. The van der Waals surface area contributed by atoms with E-state index >= 15 is 0 Å². The van der Waals surface area contributed by atoms with Crippen LogP contribution in [0.25, 0.3) is 11.0 Å². The molecule has 2 saturated heterocycles. The minimum Gasteiger partial charge on any atom is -0.444 e. The third kappa shape index (κ3) is 7.08. The largest absolute Gasteiger partial charge is 0.444 e. The van der Waals surface area contributed by atoms with Crippen LogP contribution in [0.5, 0.6) is 0 Å². The summed E-state index contributed by atoms with van der Waals surface area (Å²) < 4.78 is 7.73. The molecule has 0 radical (unpaired) electrons. The SMILES string of the molecule is CN1CCN(Cc2ccc3nc(NC(=O)c4cc([N+](=O)[O-])cs4)n([C@@H]4CCCCN(C(=O)OC(C)(C)C)C4)c3c2)CC1. The summed E-state index contributed by atoms with van der Waals surface area (Å²) in [5.41, 5.74) is 2.03. The second kappa shape index (κ2) is 12.4. The Balaban J connectivity index is 1.49. The lowest BCUT2D eigenvalue weighted by molar-refractivity contribution is -0.384. The molecule has 0 saturated carbocycles. The van der Waals surface area contributed by atoms with Crippen molar-refractivity contribution >= 4 is 46.0 Å². The number of aromatic nitrogens is 2. The van der Waals surface area contributed by atoms with Crippen molar-refractivity contribution in [2.45, 2.75) is 58.2 Å². The lowest BCUT2D eigenvalue weighted by Gasteiger charge is -2.32. The molecule has 5 rings (SSSR count). The van der Waals surface area contributed by atoms with E-state index in [1.54, 1.807) is 4.90 Å². The normalized spacial score (nSPS) is 19.0. The number of hydrogen-bond donors (Lipinski definition) is 1. The standard InChI is InChI=1S/C29H39N7O5S/c1-29(2,3)41-28(38)34-10-6-5-7-21(18-34)35-24-15-20(17-33-13-11-32(4)12-14-33)8-9-23(24)30-27(35)31-26(37)25-16-22(19-42-25)36(39)40/h8-9,15-16,19,21H,5-7,10-14,17-18H2,1-4H3,(H,30,31,37)/t21-/m1/s1. The van der Waals surface area contributed by atoms with Gasteiger partial charge in [-0.1, -0.05) is 6.07 Å². The van der Waals surface area contributed by atoms with E-state index in [2.05, 4.69) is 34.3 Å². The molecule has 13 heteroatoms.